The minimum atomic E-state index is -3.23. The standard InChI is InChI=1S/C14H18N4O3S/c1-22(20,21)17-9-5-6-11(10-17)13-15-16-14(19)18(13)12-7-3-2-4-8-12/h2-4,7-8,11H,5-6,9-10H2,1H3,(H,16,19). The van der Waals surface area contributed by atoms with E-state index in [9.17, 15) is 13.2 Å². The molecule has 1 saturated heterocycles. The Morgan fingerprint density at radius 1 is 1.27 bits per heavy atom. The second-order valence-electron chi connectivity index (χ2n) is 5.52. The van der Waals surface area contributed by atoms with Crippen molar-refractivity contribution in [2.45, 2.75) is 18.8 Å². The molecule has 1 aliphatic heterocycles. The van der Waals surface area contributed by atoms with Gasteiger partial charge in [-0.1, -0.05) is 18.2 Å². The first kappa shape index (κ1) is 15.0. The molecule has 2 aromatic rings. The molecule has 22 heavy (non-hydrogen) atoms. The van der Waals surface area contributed by atoms with E-state index in [1.807, 2.05) is 30.3 Å². The molecule has 1 aliphatic rings. The summed E-state index contributed by atoms with van der Waals surface area (Å²) in [6.07, 6.45) is 2.78. The lowest BCUT2D eigenvalue weighted by Crippen LogP contribution is -2.39. The Morgan fingerprint density at radius 2 is 2.00 bits per heavy atom. The number of nitrogens with one attached hydrogen (secondary N) is 1. The van der Waals surface area contributed by atoms with Gasteiger partial charge >= 0.3 is 5.69 Å². The smallest absolute Gasteiger partial charge is 0.247 e. The fourth-order valence-corrected chi connectivity index (χ4v) is 3.78. The topological polar surface area (TPSA) is 88.1 Å². The lowest BCUT2D eigenvalue weighted by Gasteiger charge is -2.30. The Bertz CT molecular complexity index is 810. The number of sulfonamides is 1. The van der Waals surface area contributed by atoms with Gasteiger partial charge in [0.2, 0.25) is 10.0 Å². The molecule has 1 atom stereocenters. The van der Waals surface area contributed by atoms with Crippen LogP contribution in [-0.4, -0.2) is 46.8 Å². The fourth-order valence-electron chi connectivity index (χ4n) is 2.86. The van der Waals surface area contributed by atoms with Gasteiger partial charge in [-0.15, -0.1) is 0 Å². The molecule has 3 rings (SSSR count). The number of hydrogen-bond donors (Lipinski definition) is 1. The van der Waals surface area contributed by atoms with Gasteiger partial charge < -0.3 is 0 Å². The Balaban J connectivity index is 1.98. The Kier molecular flexibility index (Phi) is 3.88. The maximum Gasteiger partial charge on any atom is 0.347 e. The van der Waals surface area contributed by atoms with E-state index in [1.165, 1.54) is 15.1 Å². The van der Waals surface area contributed by atoms with Crippen molar-refractivity contribution in [1.82, 2.24) is 19.1 Å². The highest BCUT2D eigenvalue weighted by Gasteiger charge is 2.30. The molecule has 1 unspecified atom stereocenters. The van der Waals surface area contributed by atoms with Gasteiger partial charge in [0.1, 0.15) is 5.82 Å². The molecule has 1 aromatic heterocycles. The number of nitrogens with zero attached hydrogens (tertiary/aromatic N) is 3. The van der Waals surface area contributed by atoms with Crippen LogP contribution in [0.2, 0.25) is 0 Å². The molecule has 8 heteroatoms. The minimum Gasteiger partial charge on any atom is -0.247 e. The van der Waals surface area contributed by atoms with E-state index < -0.39 is 10.0 Å². The molecule has 7 nitrogen and oxygen atoms in total. The summed E-state index contributed by atoms with van der Waals surface area (Å²) < 4.78 is 26.5. The molecule has 1 N–H and O–H groups in total. The first-order chi connectivity index (χ1) is 10.5. The van der Waals surface area contributed by atoms with Crippen LogP contribution in [0.1, 0.15) is 24.6 Å². The van der Waals surface area contributed by atoms with Crippen LogP contribution < -0.4 is 5.69 Å². The summed E-state index contributed by atoms with van der Waals surface area (Å²) >= 11 is 0. The van der Waals surface area contributed by atoms with Crippen molar-refractivity contribution in [3.05, 3.63) is 46.6 Å². The molecule has 0 amide bonds. The van der Waals surface area contributed by atoms with Crippen molar-refractivity contribution in [2.75, 3.05) is 19.3 Å². The lowest BCUT2D eigenvalue weighted by atomic mass is 9.98. The van der Waals surface area contributed by atoms with Crippen molar-refractivity contribution in [2.24, 2.45) is 0 Å². The van der Waals surface area contributed by atoms with Crippen LogP contribution in [-0.2, 0) is 10.0 Å². The van der Waals surface area contributed by atoms with Crippen LogP contribution >= 0.6 is 0 Å². The van der Waals surface area contributed by atoms with Crippen molar-refractivity contribution < 1.29 is 8.42 Å². The number of hydrogen-bond acceptors (Lipinski definition) is 4. The highest BCUT2D eigenvalue weighted by Crippen LogP contribution is 2.27. The van der Waals surface area contributed by atoms with Crippen molar-refractivity contribution in [1.29, 1.82) is 0 Å². The van der Waals surface area contributed by atoms with Gasteiger partial charge in [-0.05, 0) is 25.0 Å². The summed E-state index contributed by atoms with van der Waals surface area (Å²) in [6, 6.07) is 9.24. The molecular formula is C14H18N4O3S. The molecule has 0 aliphatic carbocycles. The van der Waals surface area contributed by atoms with Gasteiger partial charge in [0.15, 0.2) is 0 Å². The van der Waals surface area contributed by atoms with Crippen LogP contribution in [0.25, 0.3) is 5.69 Å². The monoisotopic (exact) mass is 322 g/mol. The number of aromatic amines is 1. The largest absolute Gasteiger partial charge is 0.347 e. The molecule has 1 aromatic carbocycles. The van der Waals surface area contributed by atoms with E-state index in [4.69, 9.17) is 0 Å². The van der Waals surface area contributed by atoms with E-state index in [1.54, 1.807) is 0 Å². The number of H-pyrrole nitrogens is 1. The second-order valence-corrected chi connectivity index (χ2v) is 7.50. The first-order valence-corrected chi connectivity index (χ1v) is 8.99. The van der Waals surface area contributed by atoms with Gasteiger partial charge in [0.05, 0.1) is 11.9 Å². The average Bonchev–Trinajstić information content (AvgIpc) is 2.89. The molecule has 0 saturated carbocycles. The summed E-state index contributed by atoms with van der Waals surface area (Å²) in [5.41, 5.74) is 0.422. The summed E-state index contributed by atoms with van der Waals surface area (Å²) in [5, 5.41) is 6.61. The third kappa shape index (κ3) is 2.84. The first-order valence-electron chi connectivity index (χ1n) is 7.14. The highest BCUT2D eigenvalue weighted by atomic mass is 32.2. The summed E-state index contributed by atoms with van der Waals surface area (Å²) in [4.78, 5) is 12.1. The van der Waals surface area contributed by atoms with E-state index in [0.29, 0.717) is 18.9 Å². The molecule has 2 heterocycles. The van der Waals surface area contributed by atoms with Crippen molar-refractivity contribution in [3.63, 3.8) is 0 Å². The number of benzene rings is 1. The zero-order valence-electron chi connectivity index (χ0n) is 12.3. The lowest BCUT2D eigenvalue weighted by molar-refractivity contribution is 0.309. The van der Waals surface area contributed by atoms with Crippen LogP contribution in [0.15, 0.2) is 35.1 Å². The molecule has 0 spiro atoms. The number of piperidine rings is 1. The molecular weight excluding hydrogens is 304 g/mol. The predicted octanol–water partition coefficient (Wildman–Crippen LogP) is 0.700. The van der Waals surface area contributed by atoms with E-state index >= 15 is 0 Å². The third-order valence-corrected chi connectivity index (χ3v) is 5.20. The number of aromatic nitrogens is 3. The number of para-hydroxylation sites is 1. The van der Waals surface area contributed by atoms with Crippen LogP contribution in [0.5, 0.6) is 0 Å². The molecule has 118 valence electrons. The van der Waals surface area contributed by atoms with Crippen molar-refractivity contribution in [3.8, 4) is 5.69 Å². The van der Waals surface area contributed by atoms with Gasteiger partial charge in [0, 0.05) is 19.0 Å². The minimum absolute atomic E-state index is 0.0948. The zero-order chi connectivity index (χ0) is 15.7. The summed E-state index contributed by atoms with van der Waals surface area (Å²) in [5.74, 6) is 0.493. The highest BCUT2D eigenvalue weighted by molar-refractivity contribution is 7.88. The van der Waals surface area contributed by atoms with E-state index in [-0.39, 0.29) is 11.6 Å². The van der Waals surface area contributed by atoms with Crippen LogP contribution in [0.4, 0.5) is 0 Å². The van der Waals surface area contributed by atoms with E-state index in [2.05, 4.69) is 10.2 Å². The van der Waals surface area contributed by atoms with E-state index in [0.717, 1.165) is 18.5 Å². The van der Waals surface area contributed by atoms with Gasteiger partial charge in [-0.3, -0.25) is 0 Å². The van der Waals surface area contributed by atoms with Crippen molar-refractivity contribution >= 4 is 10.0 Å². The zero-order valence-corrected chi connectivity index (χ0v) is 13.1. The van der Waals surface area contributed by atoms with Gasteiger partial charge in [0.25, 0.3) is 0 Å². The number of rotatable bonds is 3. The maximum atomic E-state index is 12.1. The van der Waals surface area contributed by atoms with Crippen LogP contribution in [0.3, 0.4) is 0 Å². The quantitative estimate of drug-likeness (QED) is 0.901. The molecule has 0 radical (unpaired) electrons. The normalized spacial score (nSPS) is 20.1. The average molecular weight is 322 g/mol. The Labute approximate surface area is 128 Å². The third-order valence-electron chi connectivity index (χ3n) is 3.93. The Hall–Kier alpha value is -1.93. The second kappa shape index (κ2) is 5.69. The van der Waals surface area contributed by atoms with Gasteiger partial charge in [-0.25, -0.2) is 27.2 Å². The molecule has 0 bridgehead atoms. The summed E-state index contributed by atoms with van der Waals surface area (Å²) in [7, 11) is -3.23. The van der Waals surface area contributed by atoms with Crippen LogP contribution in [0, 0.1) is 0 Å². The fraction of sp³-hybridized carbons (Fsp3) is 0.429. The summed E-state index contributed by atoms with van der Waals surface area (Å²) in [6.45, 7) is 0.880. The van der Waals surface area contributed by atoms with Gasteiger partial charge in [-0.2, -0.15) is 5.10 Å². The molecule has 1 fully saturated rings. The SMILES string of the molecule is CS(=O)(=O)N1CCCC(c2n[nH]c(=O)n2-c2ccccc2)C1. The maximum absolute atomic E-state index is 12.1. The predicted molar refractivity (Wildman–Crippen MR) is 82.6 cm³/mol. The Morgan fingerprint density at radius 3 is 2.68 bits per heavy atom.